The topological polar surface area (TPSA) is 116 Å². The Balaban J connectivity index is 1.45. The smallest absolute Gasteiger partial charge is 0.339 e. The zero-order chi connectivity index (χ0) is 26.3. The third kappa shape index (κ3) is 7.66. The van der Waals surface area contributed by atoms with Crippen LogP contribution in [0.1, 0.15) is 34.3 Å². The van der Waals surface area contributed by atoms with Gasteiger partial charge in [-0.25, -0.2) is 0 Å². The normalized spacial score (nSPS) is 11.0. The van der Waals surface area contributed by atoms with Crippen molar-refractivity contribution in [3.8, 4) is 5.75 Å². The zero-order valence-electron chi connectivity index (χ0n) is 19.6. The summed E-state index contributed by atoms with van der Waals surface area (Å²) < 4.78 is 34.8. The molecule has 0 unspecified atom stereocenters. The number of nitrogens with one attached hydrogen (secondary N) is 1. The van der Waals surface area contributed by atoms with E-state index in [4.69, 9.17) is 20.5 Å². The van der Waals surface area contributed by atoms with E-state index in [1.54, 1.807) is 30.3 Å². The Morgan fingerprint density at radius 2 is 1.56 bits per heavy atom. The first-order valence-electron chi connectivity index (χ1n) is 10.9. The van der Waals surface area contributed by atoms with Crippen molar-refractivity contribution in [2.45, 2.75) is 31.6 Å². The van der Waals surface area contributed by atoms with Crippen molar-refractivity contribution < 1.29 is 31.7 Å². The summed E-state index contributed by atoms with van der Waals surface area (Å²) in [5.41, 5.74) is 2.50. The van der Waals surface area contributed by atoms with Crippen LogP contribution in [0.5, 0.6) is 5.75 Å². The molecule has 3 aromatic carbocycles. The van der Waals surface area contributed by atoms with Gasteiger partial charge in [0.25, 0.3) is 0 Å². The van der Waals surface area contributed by atoms with E-state index in [0.717, 1.165) is 11.1 Å². The number of halogens is 1. The number of benzene rings is 3. The van der Waals surface area contributed by atoms with Crippen molar-refractivity contribution in [1.29, 1.82) is 0 Å². The fourth-order valence-electron chi connectivity index (χ4n) is 2.99. The monoisotopic (exact) mass is 529 g/mol. The Morgan fingerprint density at radius 1 is 0.889 bits per heavy atom. The number of amides is 1. The van der Waals surface area contributed by atoms with Crippen molar-refractivity contribution in [3.05, 3.63) is 88.4 Å². The minimum Gasteiger partial charge on any atom is -0.457 e. The second kappa shape index (κ2) is 11.8. The lowest BCUT2D eigenvalue weighted by Crippen LogP contribution is -2.17. The quantitative estimate of drug-likeness (QED) is 0.226. The van der Waals surface area contributed by atoms with Crippen LogP contribution in [0.4, 0.5) is 5.69 Å². The van der Waals surface area contributed by atoms with E-state index in [-0.39, 0.29) is 29.1 Å². The van der Waals surface area contributed by atoms with Crippen molar-refractivity contribution in [1.82, 2.24) is 0 Å². The standard InChI is InChI=1S/C26H24ClNO7S/c1-17-3-11-22(12-4-17)36(32,33)35-21-9-6-19(7-10-21)24(29)16-34-26(31)14-13-25(30)28-20-8-5-18(2)23(27)15-20/h3-12,15H,13-14,16H2,1-2H3,(H,28,30). The summed E-state index contributed by atoms with van der Waals surface area (Å²) in [5.74, 6) is -1.56. The molecule has 1 N–H and O–H groups in total. The highest BCUT2D eigenvalue weighted by Crippen LogP contribution is 2.21. The molecule has 3 rings (SSSR count). The lowest BCUT2D eigenvalue weighted by molar-refractivity contribution is -0.143. The molecule has 0 saturated heterocycles. The first-order valence-corrected chi connectivity index (χ1v) is 12.7. The lowest BCUT2D eigenvalue weighted by Gasteiger charge is -2.09. The molecule has 0 saturated carbocycles. The first kappa shape index (κ1) is 26.9. The number of ether oxygens (including phenoxy) is 1. The fraction of sp³-hybridized carbons (Fsp3) is 0.192. The highest BCUT2D eigenvalue weighted by molar-refractivity contribution is 7.87. The number of hydrogen-bond acceptors (Lipinski definition) is 7. The highest BCUT2D eigenvalue weighted by Gasteiger charge is 2.17. The van der Waals surface area contributed by atoms with Gasteiger partial charge in [0.2, 0.25) is 5.91 Å². The van der Waals surface area contributed by atoms with Crippen LogP contribution in [0.3, 0.4) is 0 Å². The molecule has 3 aromatic rings. The third-order valence-electron chi connectivity index (χ3n) is 5.07. The number of carbonyl (C=O) groups excluding carboxylic acids is 3. The number of ketones is 1. The van der Waals surface area contributed by atoms with Gasteiger partial charge in [-0.2, -0.15) is 8.42 Å². The largest absolute Gasteiger partial charge is 0.457 e. The van der Waals surface area contributed by atoms with E-state index >= 15 is 0 Å². The highest BCUT2D eigenvalue weighted by atomic mass is 35.5. The molecule has 8 nitrogen and oxygen atoms in total. The molecule has 0 heterocycles. The van der Waals surface area contributed by atoms with Crippen LogP contribution in [0, 0.1) is 13.8 Å². The molecule has 188 valence electrons. The van der Waals surface area contributed by atoms with E-state index < -0.39 is 34.4 Å². The molecule has 0 fully saturated rings. The van der Waals surface area contributed by atoms with E-state index in [1.165, 1.54) is 36.4 Å². The molecule has 0 aliphatic rings. The third-order valence-corrected chi connectivity index (χ3v) is 6.74. The first-order chi connectivity index (χ1) is 17.0. The van der Waals surface area contributed by atoms with Crippen molar-refractivity contribution in [3.63, 3.8) is 0 Å². The van der Waals surface area contributed by atoms with E-state index in [9.17, 15) is 22.8 Å². The van der Waals surface area contributed by atoms with Crippen LogP contribution < -0.4 is 9.50 Å². The molecule has 36 heavy (non-hydrogen) atoms. The summed E-state index contributed by atoms with van der Waals surface area (Å²) in [6.45, 7) is 3.16. The molecule has 0 spiro atoms. The number of aryl methyl sites for hydroxylation is 2. The van der Waals surface area contributed by atoms with Gasteiger partial charge in [-0.05, 0) is 67.9 Å². The van der Waals surface area contributed by atoms with Gasteiger partial charge in [0.1, 0.15) is 10.6 Å². The van der Waals surface area contributed by atoms with Gasteiger partial charge in [0, 0.05) is 22.7 Å². The molecule has 10 heteroatoms. The molecule has 0 bridgehead atoms. The Morgan fingerprint density at radius 3 is 2.19 bits per heavy atom. The maximum absolute atomic E-state index is 12.4. The second-order valence-electron chi connectivity index (χ2n) is 7.97. The number of Topliss-reactive ketones (excluding diaryl/α,β-unsaturated/α-hetero) is 1. The molecule has 0 radical (unpaired) electrons. The molecule has 0 aliphatic carbocycles. The van der Waals surface area contributed by atoms with E-state index in [1.807, 2.05) is 13.8 Å². The Bertz CT molecular complexity index is 1370. The Kier molecular flexibility index (Phi) is 8.84. The number of rotatable bonds is 10. The van der Waals surface area contributed by atoms with Crippen LogP contribution in [0.15, 0.2) is 71.6 Å². The van der Waals surface area contributed by atoms with Crippen molar-refractivity contribution >= 4 is 45.1 Å². The van der Waals surface area contributed by atoms with Gasteiger partial charge >= 0.3 is 16.1 Å². The van der Waals surface area contributed by atoms with Crippen LogP contribution in [-0.2, 0) is 24.4 Å². The van der Waals surface area contributed by atoms with Crippen LogP contribution in [0.2, 0.25) is 5.02 Å². The van der Waals surface area contributed by atoms with Crippen molar-refractivity contribution in [2.75, 3.05) is 11.9 Å². The van der Waals surface area contributed by atoms with Crippen LogP contribution in [-0.4, -0.2) is 32.7 Å². The van der Waals surface area contributed by atoms with Crippen LogP contribution in [0.25, 0.3) is 0 Å². The van der Waals surface area contributed by atoms with Gasteiger partial charge in [-0.15, -0.1) is 0 Å². The number of hydrogen-bond donors (Lipinski definition) is 1. The molecule has 0 aliphatic heterocycles. The number of anilines is 1. The summed E-state index contributed by atoms with van der Waals surface area (Å²) in [6.07, 6.45) is -0.331. The summed E-state index contributed by atoms with van der Waals surface area (Å²) >= 11 is 6.02. The maximum Gasteiger partial charge on any atom is 0.339 e. The Labute approximate surface area is 214 Å². The second-order valence-corrected chi connectivity index (χ2v) is 9.92. The van der Waals surface area contributed by atoms with Crippen molar-refractivity contribution in [2.24, 2.45) is 0 Å². The maximum atomic E-state index is 12.4. The molecule has 0 aromatic heterocycles. The lowest BCUT2D eigenvalue weighted by atomic mass is 10.1. The Hall–Kier alpha value is -3.69. The van der Waals surface area contributed by atoms with E-state index in [2.05, 4.69) is 5.32 Å². The van der Waals surface area contributed by atoms with Gasteiger partial charge in [-0.3, -0.25) is 14.4 Å². The number of carbonyl (C=O) groups is 3. The summed E-state index contributed by atoms with van der Waals surface area (Å²) in [7, 11) is -4.02. The van der Waals surface area contributed by atoms with Gasteiger partial charge in [0.05, 0.1) is 6.42 Å². The zero-order valence-corrected chi connectivity index (χ0v) is 21.2. The predicted molar refractivity (Wildman–Crippen MR) is 135 cm³/mol. The molecular weight excluding hydrogens is 506 g/mol. The average molecular weight is 530 g/mol. The minimum atomic E-state index is -4.02. The van der Waals surface area contributed by atoms with Crippen LogP contribution >= 0.6 is 11.6 Å². The fourth-order valence-corrected chi connectivity index (χ4v) is 4.10. The average Bonchev–Trinajstić information content (AvgIpc) is 2.84. The summed E-state index contributed by atoms with van der Waals surface area (Å²) in [4.78, 5) is 36.3. The molecule has 1 amide bonds. The minimum absolute atomic E-state index is 0.0107. The molecular formula is C26H24ClNO7S. The summed E-state index contributed by atoms with van der Waals surface area (Å²) in [5, 5.41) is 3.15. The van der Waals surface area contributed by atoms with Gasteiger partial charge in [-0.1, -0.05) is 35.4 Å². The van der Waals surface area contributed by atoms with E-state index in [0.29, 0.717) is 10.7 Å². The SMILES string of the molecule is Cc1ccc(S(=O)(=O)Oc2ccc(C(=O)COC(=O)CCC(=O)Nc3ccc(C)c(Cl)c3)cc2)cc1. The predicted octanol–water partition coefficient (Wildman–Crippen LogP) is 4.87. The van der Waals surface area contributed by atoms with Gasteiger partial charge < -0.3 is 14.2 Å². The number of esters is 1. The van der Waals surface area contributed by atoms with Gasteiger partial charge in [0.15, 0.2) is 12.4 Å². The molecule has 0 atom stereocenters. The summed E-state index contributed by atoms with van der Waals surface area (Å²) in [6, 6.07) is 16.7.